The summed E-state index contributed by atoms with van der Waals surface area (Å²) < 4.78 is 0. The Morgan fingerprint density at radius 1 is 0.422 bits per heavy atom. The summed E-state index contributed by atoms with van der Waals surface area (Å²) in [5.74, 6) is 1.50. The summed E-state index contributed by atoms with van der Waals surface area (Å²) >= 11 is 0. The molecule has 2 saturated heterocycles. The van der Waals surface area contributed by atoms with Crippen molar-refractivity contribution in [2.75, 3.05) is 26.2 Å². The Morgan fingerprint density at radius 2 is 0.734 bits per heavy atom. The fourth-order valence-corrected chi connectivity index (χ4v) is 13.7. The largest absolute Gasteiger partial charge is 0.338 e. The van der Waals surface area contributed by atoms with Crippen LogP contribution < -0.4 is 21.3 Å². The molecule has 11 rings (SSSR count). The summed E-state index contributed by atoms with van der Waals surface area (Å²) in [6.45, 7) is 3.55. The molecule has 0 spiro atoms. The lowest BCUT2D eigenvalue weighted by molar-refractivity contribution is 0.185. The van der Waals surface area contributed by atoms with E-state index in [9.17, 15) is 9.59 Å². The van der Waals surface area contributed by atoms with Crippen LogP contribution in [-0.4, -0.2) is 60.1 Å². The number of hydrogen-bond acceptors (Lipinski definition) is 4. The summed E-state index contributed by atoms with van der Waals surface area (Å²) in [5.41, 5.74) is 8.84. The highest BCUT2D eigenvalue weighted by atomic mass is 16.2. The van der Waals surface area contributed by atoms with Crippen molar-refractivity contribution < 1.29 is 9.59 Å². The molecule has 5 aromatic carbocycles. The Morgan fingerprint density at radius 3 is 1.06 bits per heavy atom. The number of hydrogen-bond donors (Lipinski definition) is 4. The lowest BCUT2D eigenvalue weighted by Gasteiger charge is -2.31. The zero-order valence-corrected chi connectivity index (χ0v) is 37.7. The quantitative estimate of drug-likeness (QED) is 0.0838. The topological polar surface area (TPSA) is 88.7 Å². The molecule has 6 aliphatic rings. The Kier molecular flexibility index (Phi) is 12.1. The smallest absolute Gasteiger partial charge is 0.315 e. The fourth-order valence-electron chi connectivity index (χ4n) is 13.7. The molecule has 4 atom stereocenters. The van der Waals surface area contributed by atoms with E-state index in [1.807, 2.05) is 0 Å². The van der Waals surface area contributed by atoms with Crippen LogP contribution in [0.25, 0.3) is 21.5 Å². The molecule has 4 unspecified atom stereocenters. The second-order valence-electron chi connectivity index (χ2n) is 20.3. The van der Waals surface area contributed by atoms with Crippen LogP contribution in [-0.2, 0) is 12.8 Å². The summed E-state index contributed by atoms with van der Waals surface area (Å²) in [6.07, 6.45) is 18.3. The van der Waals surface area contributed by atoms with Gasteiger partial charge in [0, 0.05) is 49.3 Å². The van der Waals surface area contributed by atoms with Crippen LogP contribution in [0.5, 0.6) is 0 Å². The molecule has 4 bridgehead atoms. The standard InChI is InChI=1S/C56H68N6O2/c63-55(59-39-21-17-37(18-22-39)31-35-61-51-25-26-52(61)48-14-6-5-13-47(48)51)57-33-29-45-41-9-1-2-10-42(41)46(44-12-4-3-11-43(44)45)30-34-58-56(64)60-40-23-19-38(20-24-40)32-36-62-53-27-28-54(62)50-16-8-7-15-49(50)53/h1-16,37-40,51-54H,17-36H2,(H2,57,59,63)(H2,58,60,64). The van der Waals surface area contributed by atoms with E-state index < -0.39 is 0 Å². The maximum atomic E-state index is 13.2. The first-order valence-corrected chi connectivity index (χ1v) is 25.2. The van der Waals surface area contributed by atoms with Crippen molar-refractivity contribution in [3.8, 4) is 0 Å². The Labute approximate surface area is 380 Å². The van der Waals surface area contributed by atoms with Gasteiger partial charge < -0.3 is 21.3 Å². The summed E-state index contributed by atoms with van der Waals surface area (Å²) in [7, 11) is 0. The highest BCUT2D eigenvalue weighted by Gasteiger charge is 2.44. The summed E-state index contributed by atoms with van der Waals surface area (Å²) in [4.78, 5) is 32.0. The van der Waals surface area contributed by atoms with E-state index >= 15 is 0 Å². The minimum Gasteiger partial charge on any atom is -0.338 e. The van der Waals surface area contributed by atoms with Crippen LogP contribution in [0.4, 0.5) is 9.59 Å². The van der Waals surface area contributed by atoms with Gasteiger partial charge in [0.2, 0.25) is 0 Å². The molecule has 8 nitrogen and oxygen atoms in total. The first-order chi connectivity index (χ1) is 31.6. The van der Waals surface area contributed by atoms with Crippen molar-refractivity contribution >= 4 is 33.6 Å². The number of carbonyl (C=O) groups is 2. The Balaban J connectivity index is 0.625. The predicted molar refractivity (Wildman–Crippen MR) is 258 cm³/mol. The van der Waals surface area contributed by atoms with Gasteiger partial charge in [-0.3, -0.25) is 9.80 Å². The van der Waals surface area contributed by atoms with Crippen molar-refractivity contribution in [1.82, 2.24) is 31.1 Å². The number of nitrogens with zero attached hydrogens (tertiary/aromatic N) is 2. The number of rotatable bonds is 14. The first-order valence-electron chi connectivity index (χ1n) is 25.2. The van der Waals surface area contributed by atoms with E-state index in [0.29, 0.717) is 37.3 Å². The zero-order chi connectivity index (χ0) is 43.0. The zero-order valence-electron chi connectivity index (χ0n) is 37.7. The van der Waals surface area contributed by atoms with Crippen LogP contribution in [0.2, 0.25) is 0 Å². The summed E-state index contributed by atoms with van der Waals surface area (Å²) in [6, 6.07) is 38.5. The van der Waals surface area contributed by atoms with Gasteiger partial charge in [-0.1, -0.05) is 97.1 Å². The average molecular weight is 857 g/mol. The molecule has 0 radical (unpaired) electrons. The highest BCUT2D eigenvalue weighted by Crippen LogP contribution is 2.54. The molecule has 8 heteroatoms. The SMILES string of the molecule is O=C(NCCc1c2ccccc2c(CCNC(=O)NC2CCC(CCN3C4CCC3c3ccccc34)CC2)c2ccccc12)NC1CCC(CCN2C3CCC2c2ccccc23)CC1. The van der Waals surface area contributed by atoms with Crippen LogP contribution in [0.3, 0.4) is 0 Å². The number of carbonyl (C=O) groups excluding carboxylic acids is 2. The molecule has 64 heavy (non-hydrogen) atoms. The van der Waals surface area contributed by atoms with Gasteiger partial charge >= 0.3 is 12.1 Å². The minimum atomic E-state index is -0.0480. The minimum absolute atomic E-state index is 0.0480. The van der Waals surface area contributed by atoms with Crippen LogP contribution in [0, 0.1) is 11.8 Å². The van der Waals surface area contributed by atoms with Crippen molar-refractivity contribution in [3.63, 3.8) is 0 Å². The van der Waals surface area contributed by atoms with Crippen LogP contribution >= 0.6 is 0 Å². The maximum Gasteiger partial charge on any atom is 0.315 e. The molecule has 5 aromatic rings. The van der Waals surface area contributed by atoms with Gasteiger partial charge in [0.25, 0.3) is 0 Å². The normalized spacial score (nSPS) is 27.1. The van der Waals surface area contributed by atoms with E-state index in [0.717, 1.165) is 50.4 Å². The lowest BCUT2D eigenvalue weighted by Crippen LogP contribution is -2.44. The second kappa shape index (κ2) is 18.5. The van der Waals surface area contributed by atoms with Gasteiger partial charge in [-0.2, -0.15) is 0 Å². The molecule has 334 valence electrons. The monoisotopic (exact) mass is 857 g/mol. The molecule has 4 N–H and O–H groups in total. The van der Waals surface area contributed by atoms with E-state index in [2.05, 4.69) is 128 Å². The van der Waals surface area contributed by atoms with Gasteiger partial charge in [0.15, 0.2) is 0 Å². The van der Waals surface area contributed by atoms with E-state index in [1.54, 1.807) is 22.3 Å². The van der Waals surface area contributed by atoms with Gasteiger partial charge in [-0.05, 0) is 183 Å². The van der Waals surface area contributed by atoms with Crippen molar-refractivity contribution in [2.24, 2.45) is 11.8 Å². The molecule has 4 heterocycles. The predicted octanol–water partition coefficient (Wildman–Crippen LogP) is 11.4. The maximum absolute atomic E-state index is 13.2. The lowest BCUT2D eigenvalue weighted by atomic mass is 9.84. The fraction of sp³-hybridized carbons (Fsp3) is 0.500. The van der Waals surface area contributed by atoms with Gasteiger partial charge in [0.05, 0.1) is 0 Å². The molecular weight excluding hydrogens is 789 g/mol. The van der Waals surface area contributed by atoms with Crippen molar-refractivity contribution in [3.05, 3.63) is 130 Å². The Hall–Kier alpha value is -4.92. The summed E-state index contributed by atoms with van der Waals surface area (Å²) in [5, 5.41) is 18.0. The molecule has 4 fully saturated rings. The molecule has 2 aliphatic carbocycles. The van der Waals surface area contributed by atoms with Crippen LogP contribution in [0.1, 0.15) is 147 Å². The average Bonchev–Trinajstić information content (AvgIpc) is 4.10. The third kappa shape index (κ3) is 8.30. The van der Waals surface area contributed by atoms with Crippen molar-refractivity contribution in [2.45, 2.75) is 139 Å². The van der Waals surface area contributed by atoms with E-state index in [1.165, 1.54) is 110 Å². The molecular formula is C56H68N6O2. The molecule has 4 aliphatic heterocycles. The molecule has 2 saturated carbocycles. The first kappa shape index (κ1) is 41.8. The van der Waals surface area contributed by atoms with Gasteiger partial charge in [-0.15, -0.1) is 0 Å². The number of amides is 4. The second-order valence-corrected chi connectivity index (χ2v) is 20.3. The van der Waals surface area contributed by atoms with Crippen LogP contribution in [0.15, 0.2) is 97.1 Å². The number of benzene rings is 5. The van der Waals surface area contributed by atoms with Gasteiger partial charge in [0.1, 0.15) is 0 Å². The third-order valence-corrected chi connectivity index (χ3v) is 16.9. The number of nitrogens with one attached hydrogen (secondary N) is 4. The number of fused-ring (bicyclic) bond motifs is 12. The van der Waals surface area contributed by atoms with Gasteiger partial charge in [-0.25, -0.2) is 9.59 Å². The molecule has 4 amide bonds. The van der Waals surface area contributed by atoms with Crippen molar-refractivity contribution in [1.29, 1.82) is 0 Å². The molecule has 0 aromatic heterocycles. The highest BCUT2D eigenvalue weighted by molar-refractivity contribution is 6.06. The number of urea groups is 2. The van der Waals surface area contributed by atoms with E-state index in [-0.39, 0.29) is 24.1 Å². The Bertz CT molecular complexity index is 2180. The third-order valence-electron chi connectivity index (χ3n) is 16.9. The van der Waals surface area contributed by atoms with E-state index in [4.69, 9.17) is 0 Å².